The van der Waals surface area contributed by atoms with Gasteiger partial charge >= 0.3 is 5.97 Å². The predicted molar refractivity (Wildman–Crippen MR) is 113 cm³/mol. The number of hydrogen-bond acceptors (Lipinski definition) is 6. The summed E-state index contributed by atoms with van der Waals surface area (Å²) in [7, 11) is 0. The number of rotatable bonds is 7. The fourth-order valence-electron chi connectivity index (χ4n) is 3.80. The van der Waals surface area contributed by atoms with Gasteiger partial charge in [0.2, 0.25) is 0 Å². The van der Waals surface area contributed by atoms with E-state index in [1.54, 1.807) is 25.4 Å². The number of ether oxygens (including phenoxy) is 1. The van der Waals surface area contributed by atoms with Crippen molar-refractivity contribution >= 4 is 17.1 Å². The molecular formula is C22H28FN5O2. The van der Waals surface area contributed by atoms with Crippen molar-refractivity contribution in [1.82, 2.24) is 19.5 Å². The molecule has 0 amide bonds. The van der Waals surface area contributed by atoms with Gasteiger partial charge in [-0.15, -0.1) is 0 Å². The fourth-order valence-corrected chi connectivity index (χ4v) is 3.80. The molecule has 3 aromatic rings. The molecule has 0 aliphatic rings. The van der Waals surface area contributed by atoms with E-state index in [1.807, 2.05) is 32.3 Å². The molecule has 2 aromatic heterocycles. The smallest absolute Gasteiger partial charge is 0.318 e. The normalized spacial score (nSPS) is 13.8. The van der Waals surface area contributed by atoms with Gasteiger partial charge in [-0.05, 0) is 44.9 Å². The summed E-state index contributed by atoms with van der Waals surface area (Å²) in [5.41, 5.74) is 7.45. The molecule has 160 valence electrons. The van der Waals surface area contributed by atoms with Crippen molar-refractivity contribution in [2.75, 3.05) is 13.2 Å². The molecular weight excluding hydrogens is 385 g/mol. The highest BCUT2D eigenvalue weighted by atomic mass is 19.1. The highest BCUT2D eigenvalue weighted by molar-refractivity contribution is 5.89. The largest absolute Gasteiger partial charge is 0.465 e. The van der Waals surface area contributed by atoms with Crippen LogP contribution in [0.4, 0.5) is 4.39 Å². The van der Waals surface area contributed by atoms with E-state index in [-0.39, 0.29) is 30.7 Å². The lowest BCUT2D eigenvalue weighted by Crippen LogP contribution is -2.49. The number of aromatic nitrogens is 4. The minimum absolute atomic E-state index is 0.0783. The van der Waals surface area contributed by atoms with E-state index in [4.69, 9.17) is 10.5 Å². The lowest BCUT2D eigenvalue weighted by Gasteiger charge is -2.35. The quantitative estimate of drug-likeness (QED) is 0.594. The summed E-state index contributed by atoms with van der Waals surface area (Å²) in [6.07, 6.45) is 3.18. The first-order valence-corrected chi connectivity index (χ1v) is 10.1. The van der Waals surface area contributed by atoms with Crippen LogP contribution in [0, 0.1) is 11.7 Å². The predicted octanol–water partition coefficient (Wildman–Crippen LogP) is 3.63. The average Bonchev–Trinajstić information content (AvgIpc) is 3.15. The van der Waals surface area contributed by atoms with Gasteiger partial charge in [-0.25, -0.2) is 19.3 Å². The molecule has 0 saturated carbocycles. The summed E-state index contributed by atoms with van der Waals surface area (Å²) in [6.45, 7) is 9.58. The van der Waals surface area contributed by atoms with Crippen LogP contribution in [0.1, 0.15) is 46.2 Å². The molecule has 0 saturated heterocycles. The van der Waals surface area contributed by atoms with Crippen molar-refractivity contribution in [3.05, 3.63) is 42.2 Å². The second-order valence-electron chi connectivity index (χ2n) is 7.89. The van der Waals surface area contributed by atoms with Crippen molar-refractivity contribution in [3.63, 3.8) is 0 Å². The Bertz CT molecular complexity index is 1060. The molecule has 2 heterocycles. The summed E-state index contributed by atoms with van der Waals surface area (Å²) >= 11 is 0. The van der Waals surface area contributed by atoms with Crippen LogP contribution in [0.15, 0.2) is 30.9 Å². The Kier molecular flexibility index (Phi) is 6.17. The number of imidazole rings is 1. The maximum Gasteiger partial charge on any atom is 0.318 e. The SMILES string of the molecule is CCOC(=O)C(CN)(c1cc(-c2ncnc3c2ncn3C(C)C)ccc1F)C(C)C. The summed E-state index contributed by atoms with van der Waals surface area (Å²) in [5.74, 6) is -1.32. The maximum atomic E-state index is 15.0. The van der Waals surface area contributed by atoms with Gasteiger partial charge in [-0.1, -0.05) is 13.8 Å². The van der Waals surface area contributed by atoms with Gasteiger partial charge in [0, 0.05) is 23.7 Å². The van der Waals surface area contributed by atoms with E-state index in [0.717, 1.165) is 0 Å². The number of hydrogen-bond donors (Lipinski definition) is 1. The van der Waals surface area contributed by atoms with Gasteiger partial charge in [0.1, 0.15) is 28.8 Å². The first kappa shape index (κ1) is 21.8. The van der Waals surface area contributed by atoms with E-state index in [0.29, 0.717) is 22.4 Å². The van der Waals surface area contributed by atoms with Crippen LogP contribution in [0.25, 0.3) is 22.4 Å². The Morgan fingerprint density at radius 3 is 2.57 bits per heavy atom. The number of carbonyl (C=O) groups excluding carboxylic acids is 1. The van der Waals surface area contributed by atoms with Gasteiger partial charge in [0.25, 0.3) is 0 Å². The lowest BCUT2D eigenvalue weighted by atomic mass is 9.71. The molecule has 7 nitrogen and oxygen atoms in total. The molecule has 0 radical (unpaired) electrons. The van der Waals surface area contributed by atoms with Gasteiger partial charge < -0.3 is 15.0 Å². The third-order valence-electron chi connectivity index (χ3n) is 5.58. The number of nitrogens with two attached hydrogens (primary N) is 1. The highest BCUT2D eigenvalue weighted by Crippen LogP contribution is 2.37. The number of nitrogens with zero attached hydrogens (tertiary/aromatic N) is 4. The minimum Gasteiger partial charge on any atom is -0.465 e. The summed E-state index contributed by atoms with van der Waals surface area (Å²) in [6, 6.07) is 4.78. The number of carbonyl (C=O) groups is 1. The van der Waals surface area contributed by atoms with Crippen LogP contribution < -0.4 is 5.73 Å². The van der Waals surface area contributed by atoms with Crippen molar-refractivity contribution in [1.29, 1.82) is 0 Å². The van der Waals surface area contributed by atoms with Crippen LogP contribution in [0.5, 0.6) is 0 Å². The van der Waals surface area contributed by atoms with E-state index in [1.165, 1.54) is 12.4 Å². The van der Waals surface area contributed by atoms with E-state index in [9.17, 15) is 4.79 Å². The van der Waals surface area contributed by atoms with Gasteiger partial charge in [0.05, 0.1) is 12.9 Å². The Hall–Kier alpha value is -2.87. The molecule has 0 aliphatic heterocycles. The Morgan fingerprint density at radius 2 is 1.97 bits per heavy atom. The van der Waals surface area contributed by atoms with Crippen molar-refractivity contribution < 1.29 is 13.9 Å². The molecule has 0 bridgehead atoms. The van der Waals surface area contributed by atoms with Gasteiger partial charge in [-0.2, -0.15) is 0 Å². The van der Waals surface area contributed by atoms with Crippen LogP contribution in [0.3, 0.4) is 0 Å². The second kappa shape index (κ2) is 8.47. The number of esters is 1. The molecule has 8 heteroatoms. The van der Waals surface area contributed by atoms with Crippen molar-refractivity contribution in [3.8, 4) is 11.3 Å². The maximum absolute atomic E-state index is 15.0. The van der Waals surface area contributed by atoms with E-state index < -0.39 is 17.2 Å². The number of benzene rings is 1. The standard InChI is InChI=1S/C22H28FN5O2/c1-6-30-21(29)22(10-24,13(2)3)16-9-15(7-8-17(16)23)18-19-20(26-11-25-18)28(12-27-19)14(4)5/h7-9,11-14H,6,10,24H2,1-5H3. The van der Waals surface area contributed by atoms with Gasteiger partial charge in [0.15, 0.2) is 5.65 Å². The molecule has 3 rings (SSSR count). The lowest BCUT2D eigenvalue weighted by molar-refractivity contribution is -0.151. The summed E-state index contributed by atoms with van der Waals surface area (Å²) in [4.78, 5) is 26.2. The van der Waals surface area contributed by atoms with Crippen LogP contribution in [-0.2, 0) is 14.9 Å². The first-order valence-electron chi connectivity index (χ1n) is 10.1. The first-order chi connectivity index (χ1) is 14.3. The third kappa shape index (κ3) is 3.45. The van der Waals surface area contributed by atoms with Crippen LogP contribution in [-0.4, -0.2) is 38.6 Å². The molecule has 0 aliphatic carbocycles. The topological polar surface area (TPSA) is 95.9 Å². The Labute approximate surface area is 175 Å². The zero-order chi connectivity index (χ0) is 22.1. The summed E-state index contributed by atoms with van der Waals surface area (Å²) in [5, 5.41) is 0. The molecule has 30 heavy (non-hydrogen) atoms. The molecule has 1 aromatic carbocycles. The van der Waals surface area contributed by atoms with E-state index in [2.05, 4.69) is 15.0 Å². The zero-order valence-electron chi connectivity index (χ0n) is 18.0. The molecule has 2 N–H and O–H groups in total. The van der Waals surface area contributed by atoms with Crippen molar-refractivity contribution in [2.45, 2.75) is 46.1 Å². The van der Waals surface area contributed by atoms with Crippen LogP contribution >= 0.6 is 0 Å². The Balaban J connectivity index is 2.23. The van der Waals surface area contributed by atoms with Crippen LogP contribution in [0.2, 0.25) is 0 Å². The van der Waals surface area contributed by atoms with E-state index >= 15 is 4.39 Å². The summed E-state index contributed by atoms with van der Waals surface area (Å²) < 4.78 is 22.3. The number of fused-ring (bicyclic) bond motifs is 1. The second-order valence-corrected chi connectivity index (χ2v) is 7.89. The monoisotopic (exact) mass is 413 g/mol. The Morgan fingerprint density at radius 1 is 1.23 bits per heavy atom. The molecule has 1 atom stereocenters. The van der Waals surface area contributed by atoms with Gasteiger partial charge in [-0.3, -0.25) is 4.79 Å². The molecule has 0 fully saturated rings. The minimum atomic E-state index is -1.31. The molecule has 0 spiro atoms. The zero-order valence-corrected chi connectivity index (χ0v) is 18.0. The highest BCUT2D eigenvalue weighted by Gasteiger charge is 2.45. The molecule has 1 unspecified atom stereocenters. The third-order valence-corrected chi connectivity index (χ3v) is 5.58. The van der Waals surface area contributed by atoms with Crippen molar-refractivity contribution in [2.24, 2.45) is 11.7 Å². The average molecular weight is 413 g/mol. The fraction of sp³-hybridized carbons (Fsp3) is 0.455. The number of halogens is 1.